The van der Waals surface area contributed by atoms with Crippen molar-refractivity contribution in [3.05, 3.63) is 0 Å². The average Bonchev–Trinajstić information content (AvgIpc) is 2.91. The van der Waals surface area contributed by atoms with Crippen LogP contribution >= 0.6 is 11.8 Å². The molecule has 31 heavy (non-hydrogen) atoms. The van der Waals surface area contributed by atoms with Gasteiger partial charge in [-0.15, -0.1) is 11.8 Å². The van der Waals surface area contributed by atoms with Crippen molar-refractivity contribution in [2.75, 3.05) is 19.7 Å². The summed E-state index contributed by atoms with van der Waals surface area (Å²) in [6, 6.07) is -1.25. The summed E-state index contributed by atoms with van der Waals surface area (Å²) in [6.07, 6.45) is 5.84. The van der Waals surface area contributed by atoms with Gasteiger partial charge in [0.15, 0.2) is 6.04 Å². The van der Waals surface area contributed by atoms with Gasteiger partial charge in [-0.2, -0.15) is 0 Å². The molecule has 0 aromatic heterocycles. The molecule has 3 saturated heterocycles. The van der Waals surface area contributed by atoms with Crippen molar-refractivity contribution in [1.29, 1.82) is 0 Å². The van der Waals surface area contributed by atoms with Crippen molar-refractivity contribution < 1.29 is 28.6 Å². The van der Waals surface area contributed by atoms with Crippen molar-refractivity contribution in [2.45, 2.75) is 88.3 Å². The maximum atomic E-state index is 12.9. The first-order valence-corrected chi connectivity index (χ1v) is 11.9. The molecule has 3 rings (SSSR count). The molecule has 3 heterocycles. The topological polar surface area (TPSA) is 97.7 Å². The SMILES string of the molecule is CCOC(=O)OC(C)OC(=O)[C@@H]1N2C(=O)[C@H](N=CN3CCCCCCC3)[C@H]2SC1(C)C. The van der Waals surface area contributed by atoms with Gasteiger partial charge in [0.2, 0.25) is 6.29 Å². The molecule has 1 amide bonds. The lowest BCUT2D eigenvalue weighted by Crippen LogP contribution is -2.65. The highest BCUT2D eigenvalue weighted by molar-refractivity contribution is 8.01. The Kier molecular flexibility index (Phi) is 7.72. The number of β-lactam (4-membered cyclic amide) rings is 1. The van der Waals surface area contributed by atoms with Crippen molar-refractivity contribution in [3.63, 3.8) is 0 Å². The van der Waals surface area contributed by atoms with Crippen molar-refractivity contribution >= 4 is 36.1 Å². The van der Waals surface area contributed by atoms with Crippen LogP contribution in [-0.4, -0.2) is 82.4 Å². The van der Waals surface area contributed by atoms with E-state index in [0.29, 0.717) is 0 Å². The monoisotopic (exact) mass is 455 g/mol. The van der Waals surface area contributed by atoms with Crippen molar-refractivity contribution in [3.8, 4) is 0 Å². The van der Waals surface area contributed by atoms with E-state index in [-0.39, 0.29) is 17.9 Å². The minimum Gasteiger partial charge on any atom is -0.435 e. The summed E-state index contributed by atoms with van der Waals surface area (Å²) in [5.41, 5.74) is 0. The number of likely N-dealkylation sites (tertiary alicyclic amines) is 1. The predicted molar refractivity (Wildman–Crippen MR) is 117 cm³/mol. The number of carbonyl (C=O) groups excluding carboxylic acids is 3. The highest BCUT2D eigenvalue weighted by Gasteiger charge is 2.64. The Morgan fingerprint density at radius 2 is 1.84 bits per heavy atom. The van der Waals surface area contributed by atoms with Crippen molar-refractivity contribution in [1.82, 2.24) is 9.80 Å². The van der Waals surface area contributed by atoms with Crippen LogP contribution in [0.5, 0.6) is 0 Å². The van der Waals surface area contributed by atoms with Crippen LogP contribution in [0.1, 0.15) is 59.8 Å². The number of rotatable bonds is 6. The Balaban J connectivity index is 1.60. The van der Waals surface area contributed by atoms with Crippen LogP contribution in [0, 0.1) is 0 Å². The third kappa shape index (κ3) is 5.45. The van der Waals surface area contributed by atoms with E-state index >= 15 is 0 Å². The highest BCUT2D eigenvalue weighted by Crippen LogP contribution is 2.52. The maximum Gasteiger partial charge on any atom is 0.511 e. The summed E-state index contributed by atoms with van der Waals surface area (Å²) >= 11 is 1.55. The second kappa shape index (κ2) is 10.1. The molecule has 3 fully saturated rings. The molecule has 4 atom stereocenters. The number of hydrogen-bond donors (Lipinski definition) is 0. The van der Waals surface area contributed by atoms with Gasteiger partial charge >= 0.3 is 12.1 Å². The fraction of sp³-hybridized carbons (Fsp3) is 0.810. The van der Waals surface area contributed by atoms with Gasteiger partial charge in [-0.3, -0.25) is 9.79 Å². The van der Waals surface area contributed by atoms with Crippen LogP contribution < -0.4 is 0 Å². The van der Waals surface area contributed by atoms with Crippen molar-refractivity contribution in [2.24, 2.45) is 4.99 Å². The minimum atomic E-state index is -1.11. The van der Waals surface area contributed by atoms with Gasteiger partial charge in [0, 0.05) is 24.8 Å². The lowest BCUT2D eigenvalue weighted by atomic mass is 9.96. The Morgan fingerprint density at radius 3 is 2.48 bits per heavy atom. The lowest BCUT2D eigenvalue weighted by molar-refractivity contribution is -0.180. The zero-order valence-corrected chi connectivity index (χ0v) is 19.6. The van der Waals surface area contributed by atoms with Gasteiger partial charge in [-0.25, -0.2) is 9.59 Å². The Labute approximate surface area is 187 Å². The van der Waals surface area contributed by atoms with E-state index in [1.807, 2.05) is 20.2 Å². The zero-order valence-electron chi connectivity index (χ0n) is 18.7. The standard InChI is InChI=1S/C21H33N3O6S/c1-5-28-20(27)30-14(2)29-19(26)16-21(3,4)31-18-15(17(25)24(16)18)22-13-23-11-9-7-6-8-10-12-23/h13-16,18H,5-12H2,1-4H3/t14?,15-,16-,18+/m0/s1. The summed E-state index contributed by atoms with van der Waals surface area (Å²) in [6.45, 7) is 9.00. The van der Waals surface area contributed by atoms with Crippen LogP contribution in [0.2, 0.25) is 0 Å². The summed E-state index contributed by atoms with van der Waals surface area (Å²) in [5.74, 6) is -0.774. The molecular weight excluding hydrogens is 422 g/mol. The molecular formula is C21H33N3O6S. The van der Waals surface area contributed by atoms with E-state index in [2.05, 4.69) is 9.89 Å². The number of ether oxygens (including phenoxy) is 3. The molecule has 9 nitrogen and oxygen atoms in total. The smallest absolute Gasteiger partial charge is 0.435 e. The molecule has 0 spiro atoms. The molecule has 0 saturated carbocycles. The minimum absolute atomic E-state index is 0.162. The quantitative estimate of drug-likeness (QED) is 0.198. The summed E-state index contributed by atoms with van der Waals surface area (Å²) in [4.78, 5) is 45.4. The van der Waals surface area contributed by atoms with Gasteiger partial charge < -0.3 is 24.0 Å². The molecule has 0 bridgehead atoms. The summed E-state index contributed by atoms with van der Waals surface area (Å²) in [7, 11) is 0. The third-order valence-corrected chi connectivity index (χ3v) is 7.28. The van der Waals surface area contributed by atoms with Crippen LogP contribution in [-0.2, 0) is 23.8 Å². The second-order valence-corrected chi connectivity index (χ2v) is 10.3. The van der Waals surface area contributed by atoms with Crippen LogP contribution in [0.4, 0.5) is 4.79 Å². The van der Waals surface area contributed by atoms with Crippen LogP contribution in [0.3, 0.4) is 0 Å². The first-order chi connectivity index (χ1) is 14.7. The maximum absolute atomic E-state index is 12.9. The second-order valence-electron chi connectivity index (χ2n) is 8.58. The zero-order chi connectivity index (χ0) is 22.6. The Bertz CT molecular complexity index is 707. The fourth-order valence-electron chi connectivity index (χ4n) is 4.20. The number of aliphatic imine (C=N–C) groups is 1. The fourth-order valence-corrected chi connectivity index (χ4v) is 5.82. The van der Waals surface area contributed by atoms with E-state index in [1.165, 1.54) is 26.2 Å². The largest absolute Gasteiger partial charge is 0.511 e. The molecule has 0 N–H and O–H groups in total. The highest BCUT2D eigenvalue weighted by atomic mass is 32.2. The number of amides is 1. The van der Waals surface area contributed by atoms with E-state index in [9.17, 15) is 14.4 Å². The normalized spacial score (nSPS) is 28.9. The third-order valence-electron chi connectivity index (χ3n) is 5.72. The van der Waals surface area contributed by atoms with E-state index in [0.717, 1.165) is 25.9 Å². The number of carbonyl (C=O) groups is 3. The van der Waals surface area contributed by atoms with Gasteiger partial charge in [-0.1, -0.05) is 19.3 Å². The van der Waals surface area contributed by atoms with Crippen LogP contribution in [0.15, 0.2) is 4.99 Å². The number of nitrogens with zero attached hydrogens (tertiary/aromatic N) is 3. The molecule has 3 aliphatic rings. The average molecular weight is 456 g/mol. The van der Waals surface area contributed by atoms with Gasteiger partial charge in [0.05, 0.1) is 12.9 Å². The molecule has 0 aliphatic carbocycles. The molecule has 174 valence electrons. The van der Waals surface area contributed by atoms with Crippen LogP contribution in [0.25, 0.3) is 0 Å². The van der Waals surface area contributed by atoms with E-state index in [1.54, 1.807) is 23.6 Å². The lowest BCUT2D eigenvalue weighted by Gasteiger charge is -2.42. The first kappa shape index (κ1) is 23.7. The Morgan fingerprint density at radius 1 is 1.19 bits per heavy atom. The molecule has 3 aliphatic heterocycles. The number of hydrogen-bond acceptors (Lipinski definition) is 8. The summed E-state index contributed by atoms with van der Waals surface area (Å²) < 4.78 is 14.3. The number of esters is 1. The van der Waals surface area contributed by atoms with Gasteiger partial charge in [0.1, 0.15) is 11.4 Å². The number of fused-ring (bicyclic) bond motifs is 1. The molecule has 0 radical (unpaired) electrons. The molecule has 0 aromatic carbocycles. The van der Waals surface area contributed by atoms with Gasteiger partial charge in [0.25, 0.3) is 5.91 Å². The van der Waals surface area contributed by atoms with E-state index in [4.69, 9.17) is 14.2 Å². The molecule has 0 aromatic rings. The summed E-state index contributed by atoms with van der Waals surface area (Å²) in [5, 5.41) is -0.202. The Hall–Kier alpha value is -1.97. The number of thioether (sulfide) groups is 1. The first-order valence-electron chi connectivity index (χ1n) is 11.1. The van der Waals surface area contributed by atoms with Gasteiger partial charge in [-0.05, 0) is 33.6 Å². The van der Waals surface area contributed by atoms with E-state index < -0.39 is 35.2 Å². The molecule has 10 heteroatoms. The predicted octanol–water partition coefficient (Wildman–Crippen LogP) is 2.77. The molecule has 1 unspecified atom stereocenters.